The molecule has 5 heteroatoms. The minimum absolute atomic E-state index is 0.0317. The maximum Gasteiger partial charge on any atom is 0.155 e. The Morgan fingerprint density at radius 2 is 2.27 bits per heavy atom. The van der Waals surface area contributed by atoms with Gasteiger partial charge in [0.1, 0.15) is 0 Å². The summed E-state index contributed by atoms with van der Waals surface area (Å²) in [6.45, 7) is 4.10. The first-order chi connectivity index (χ1) is 6.99. The van der Waals surface area contributed by atoms with Gasteiger partial charge in [-0.15, -0.1) is 5.10 Å². The van der Waals surface area contributed by atoms with E-state index < -0.39 is 0 Å². The number of nitrogens with two attached hydrogens (primary N) is 1. The Labute approximate surface area is 89.6 Å². The number of aromatic nitrogens is 3. The van der Waals surface area contributed by atoms with Gasteiger partial charge in [0.25, 0.3) is 0 Å². The minimum atomic E-state index is -0.382. The van der Waals surface area contributed by atoms with E-state index in [4.69, 9.17) is 5.73 Å². The highest BCUT2D eigenvalue weighted by molar-refractivity contribution is 5.85. The van der Waals surface area contributed by atoms with E-state index in [1.54, 1.807) is 17.9 Å². The summed E-state index contributed by atoms with van der Waals surface area (Å²) >= 11 is 0. The first-order valence-corrected chi connectivity index (χ1v) is 5.12. The molecule has 0 fully saturated rings. The predicted octanol–water partition coefficient (Wildman–Crippen LogP) is 0.300. The SMILES string of the molecule is CC(C)CC(N)C(=O)Cc1cn(C)nn1. The fourth-order valence-corrected chi connectivity index (χ4v) is 1.43. The van der Waals surface area contributed by atoms with Gasteiger partial charge >= 0.3 is 0 Å². The second-order valence-corrected chi connectivity index (χ2v) is 4.26. The third-order valence-electron chi connectivity index (χ3n) is 2.14. The van der Waals surface area contributed by atoms with E-state index in [1.807, 2.05) is 0 Å². The van der Waals surface area contributed by atoms with Gasteiger partial charge in [-0.2, -0.15) is 0 Å². The van der Waals surface area contributed by atoms with E-state index in [9.17, 15) is 4.79 Å². The van der Waals surface area contributed by atoms with Gasteiger partial charge in [0.15, 0.2) is 5.78 Å². The molecule has 0 amide bonds. The van der Waals surface area contributed by atoms with Crippen LogP contribution in [0.15, 0.2) is 6.20 Å². The Morgan fingerprint density at radius 3 is 2.73 bits per heavy atom. The van der Waals surface area contributed by atoms with Crippen molar-refractivity contribution in [3.05, 3.63) is 11.9 Å². The van der Waals surface area contributed by atoms with Crippen LogP contribution in [0.5, 0.6) is 0 Å². The molecule has 0 saturated carbocycles. The summed E-state index contributed by atoms with van der Waals surface area (Å²) in [5.74, 6) is 0.468. The topological polar surface area (TPSA) is 73.8 Å². The van der Waals surface area contributed by atoms with Crippen molar-refractivity contribution < 1.29 is 4.79 Å². The first kappa shape index (κ1) is 11.8. The van der Waals surface area contributed by atoms with Crippen LogP contribution in [0.4, 0.5) is 0 Å². The quantitative estimate of drug-likeness (QED) is 0.758. The molecule has 2 N–H and O–H groups in total. The van der Waals surface area contributed by atoms with Crippen LogP contribution >= 0.6 is 0 Å². The molecule has 1 unspecified atom stereocenters. The van der Waals surface area contributed by atoms with Crippen molar-refractivity contribution in [2.24, 2.45) is 18.7 Å². The third-order valence-corrected chi connectivity index (χ3v) is 2.14. The fraction of sp³-hybridized carbons (Fsp3) is 0.700. The van der Waals surface area contributed by atoms with Crippen LogP contribution in [-0.2, 0) is 18.3 Å². The number of Topliss-reactive ketones (excluding diaryl/α,β-unsaturated/α-hetero) is 1. The van der Waals surface area contributed by atoms with Gasteiger partial charge in [-0.05, 0) is 12.3 Å². The third kappa shape index (κ3) is 3.79. The average molecular weight is 210 g/mol. The zero-order valence-electron chi connectivity index (χ0n) is 9.47. The van der Waals surface area contributed by atoms with Crippen LogP contribution in [0, 0.1) is 5.92 Å². The van der Waals surface area contributed by atoms with Crippen molar-refractivity contribution in [1.82, 2.24) is 15.0 Å². The van der Waals surface area contributed by atoms with Crippen molar-refractivity contribution in [2.75, 3.05) is 0 Å². The molecule has 1 atom stereocenters. The van der Waals surface area contributed by atoms with E-state index in [0.29, 0.717) is 11.6 Å². The highest BCUT2D eigenvalue weighted by atomic mass is 16.1. The molecule has 0 spiro atoms. The molecule has 0 aliphatic rings. The molecule has 0 radical (unpaired) electrons. The van der Waals surface area contributed by atoms with Crippen LogP contribution in [0.25, 0.3) is 0 Å². The van der Waals surface area contributed by atoms with E-state index in [-0.39, 0.29) is 18.2 Å². The van der Waals surface area contributed by atoms with Crippen LogP contribution in [-0.4, -0.2) is 26.8 Å². The van der Waals surface area contributed by atoms with E-state index in [2.05, 4.69) is 24.2 Å². The predicted molar refractivity (Wildman–Crippen MR) is 57.1 cm³/mol. The van der Waals surface area contributed by atoms with Crippen LogP contribution in [0.1, 0.15) is 26.0 Å². The number of carbonyl (C=O) groups excluding carboxylic acids is 1. The van der Waals surface area contributed by atoms with Gasteiger partial charge in [-0.3, -0.25) is 9.48 Å². The second-order valence-electron chi connectivity index (χ2n) is 4.26. The summed E-state index contributed by atoms with van der Waals surface area (Å²) in [6.07, 6.45) is 2.74. The molecule has 5 nitrogen and oxygen atoms in total. The Kier molecular flexibility index (Phi) is 3.96. The molecule has 1 rings (SSSR count). The highest BCUT2D eigenvalue weighted by Crippen LogP contribution is 2.05. The molecule has 84 valence electrons. The molecule has 1 heterocycles. The highest BCUT2D eigenvalue weighted by Gasteiger charge is 2.16. The number of hydrogen-bond donors (Lipinski definition) is 1. The van der Waals surface area contributed by atoms with Crippen molar-refractivity contribution in [1.29, 1.82) is 0 Å². The number of ketones is 1. The molecule has 0 bridgehead atoms. The number of aryl methyl sites for hydroxylation is 1. The monoisotopic (exact) mass is 210 g/mol. The number of rotatable bonds is 5. The molecule has 0 aliphatic carbocycles. The second kappa shape index (κ2) is 5.02. The van der Waals surface area contributed by atoms with Gasteiger partial charge in [-0.25, -0.2) is 0 Å². The lowest BCUT2D eigenvalue weighted by atomic mass is 9.99. The van der Waals surface area contributed by atoms with Crippen molar-refractivity contribution >= 4 is 5.78 Å². The zero-order valence-corrected chi connectivity index (χ0v) is 9.47. The number of hydrogen-bond acceptors (Lipinski definition) is 4. The van der Waals surface area contributed by atoms with Gasteiger partial charge in [-0.1, -0.05) is 19.1 Å². The average Bonchev–Trinajstić information content (AvgIpc) is 2.50. The van der Waals surface area contributed by atoms with E-state index in [1.165, 1.54) is 0 Å². The van der Waals surface area contributed by atoms with Crippen molar-refractivity contribution in [3.63, 3.8) is 0 Å². The summed E-state index contributed by atoms with van der Waals surface area (Å²) in [5, 5.41) is 7.62. The maximum atomic E-state index is 11.7. The van der Waals surface area contributed by atoms with Crippen LogP contribution in [0.2, 0.25) is 0 Å². The summed E-state index contributed by atoms with van der Waals surface area (Å²) in [7, 11) is 1.77. The molecule has 0 aromatic carbocycles. The molecule has 1 aromatic heterocycles. The lowest BCUT2D eigenvalue weighted by Crippen LogP contribution is -2.33. The zero-order chi connectivity index (χ0) is 11.4. The van der Waals surface area contributed by atoms with E-state index in [0.717, 1.165) is 6.42 Å². The standard InChI is InChI=1S/C10H18N4O/c1-7(2)4-9(11)10(15)5-8-6-14(3)13-12-8/h6-7,9H,4-5,11H2,1-3H3. The van der Waals surface area contributed by atoms with Crippen molar-refractivity contribution in [2.45, 2.75) is 32.7 Å². The maximum absolute atomic E-state index is 11.7. The summed E-state index contributed by atoms with van der Waals surface area (Å²) in [6, 6.07) is -0.382. The minimum Gasteiger partial charge on any atom is -0.321 e. The lowest BCUT2D eigenvalue weighted by molar-refractivity contribution is -0.120. The van der Waals surface area contributed by atoms with Crippen LogP contribution in [0.3, 0.4) is 0 Å². The Hall–Kier alpha value is -1.23. The molecular weight excluding hydrogens is 192 g/mol. The van der Waals surface area contributed by atoms with Gasteiger partial charge < -0.3 is 5.73 Å². The summed E-state index contributed by atoms with van der Waals surface area (Å²) < 4.78 is 1.58. The number of nitrogens with zero attached hydrogens (tertiary/aromatic N) is 3. The molecule has 1 aromatic rings. The Balaban J connectivity index is 2.48. The largest absolute Gasteiger partial charge is 0.321 e. The smallest absolute Gasteiger partial charge is 0.155 e. The summed E-state index contributed by atoms with van der Waals surface area (Å²) in [5.41, 5.74) is 6.45. The normalized spacial score (nSPS) is 13.1. The fourth-order valence-electron chi connectivity index (χ4n) is 1.43. The molecule has 0 saturated heterocycles. The molecule has 15 heavy (non-hydrogen) atoms. The van der Waals surface area contributed by atoms with E-state index >= 15 is 0 Å². The number of carbonyl (C=O) groups is 1. The van der Waals surface area contributed by atoms with Gasteiger partial charge in [0.05, 0.1) is 18.2 Å². The summed E-state index contributed by atoms with van der Waals surface area (Å²) in [4.78, 5) is 11.7. The van der Waals surface area contributed by atoms with Gasteiger partial charge in [0.2, 0.25) is 0 Å². The molecule has 0 aliphatic heterocycles. The Morgan fingerprint density at radius 1 is 1.60 bits per heavy atom. The van der Waals surface area contributed by atoms with Crippen LogP contribution < -0.4 is 5.73 Å². The molecular formula is C10H18N4O. The van der Waals surface area contributed by atoms with Crippen molar-refractivity contribution in [3.8, 4) is 0 Å². The Bertz CT molecular complexity index is 332. The first-order valence-electron chi connectivity index (χ1n) is 5.12. The van der Waals surface area contributed by atoms with Gasteiger partial charge in [0, 0.05) is 13.2 Å². The lowest BCUT2D eigenvalue weighted by Gasteiger charge is -2.11.